The Balaban J connectivity index is 2.19. The lowest BCUT2D eigenvalue weighted by atomic mass is 10.1. The molecule has 21 heavy (non-hydrogen) atoms. The van der Waals surface area contributed by atoms with Crippen LogP contribution >= 0.6 is 0 Å². The number of hydrogen-bond donors (Lipinski definition) is 1. The molecule has 0 aliphatic carbocycles. The Morgan fingerprint density at radius 3 is 2.57 bits per heavy atom. The predicted molar refractivity (Wildman–Crippen MR) is 79.2 cm³/mol. The lowest BCUT2D eigenvalue weighted by molar-refractivity contribution is 0.285. The number of rotatable bonds is 5. The number of aryl methyl sites for hydroxylation is 1. The lowest BCUT2D eigenvalue weighted by Gasteiger charge is -2.15. The number of para-hydroxylation sites is 1. The molecule has 112 valence electrons. The maximum absolute atomic E-state index is 13.9. The van der Waals surface area contributed by atoms with Gasteiger partial charge in [0.05, 0.1) is 0 Å². The average Bonchev–Trinajstić information content (AvgIpc) is 2.39. The number of nitrogens with two attached hydrogens (primary N) is 1. The van der Waals surface area contributed by atoms with Gasteiger partial charge in [-0.3, -0.25) is 0 Å². The third-order valence-corrected chi connectivity index (χ3v) is 3.27. The van der Waals surface area contributed by atoms with Gasteiger partial charge in [0.15, 0.2) is 11.6 Å². The second kappa shape index (κ2) is 6.68. The molecule has 0 saturated heterocycles. The highest BCUT2D eigenvalue weighted by molar-refractivity contribution is 5.36. The molecule has 0 aliphatic heterocycles. The molecule has 0 aliphatic rings. The molecule has 0 spiro atoms. The van der Waals surface area contributed by atoms with E-state index in [0.717, 1.165) is 16.7 Å². The fraction of sp³-hybridized carbons (Fsp3) is 0.294. The maximum Gasteiger partial charge on any atom is 0.165 e. The summed E-state index contributed by atoms with van der Waals surface area (Å²) in [6.45, 7) is 3.85. The minimum atomic E-state index is -0.409. The molecular weight excluding hydrogens is 272 g/mol. The smallest absolute Gasteiger partial charge is 0.165 e. The van der Waals surface area contributed by atoms with Gasteiger partial charge >= 0.3 is 0 Å². The fourth-order valence-electron chi connectivity index (χ4n) is 2.19. The summed E-state index contributed by atoms with van der Waals surface area (Å²) in [5, 5.41) is 0. The number of ether oxygens (including phenoxy) is 1. The second-order valence-electron chi connectivity index (χ2n) is 5.27. The van der Waals surface area contributed by atoms with E-state index in [1.165, 1.54) is 18.2 Å². The first-order chi connectivity index (χ1) is 9.97. The van der Waals surface area contributed by atoms with Crippen LogP contribution in [0.3, 0.4) is 0 Å². The van der Waals surface area contributed by atoms with Crippen molar-refractivity contribution >= 4 is 0 Å². The van der Waals surface area contributed by atoms with Crippen LogP contribution in [0.1, 0.15) is 23.6 Å². The van der Waals surface area contributed by atoms with E-state index >= 15 is 0 Å². The van der Waals surface area contributed by atoms with Crippen LogP contribution in [-0.2, 0) is 13.0 Å². The van der Waals surface area contributed by atoms with Crippen LogP contribution in [0.25, 0.3) is 0 Å². The lowest BCUT2D eigenvalue weighted by Crippen LogP contribution is -2.18. The van der Waals surface area contributed by atoms with E-state index in [2.05, 4.69) is 0 Å². The topological polar surface area (TPSA) is 35.2 Å². The largest absolute Gasteiger partial charge is 0.486 e. The molecule has 0 amide bonds. The molecule has 1 unspecified atom stereocenters. The summed E-state index contributed by atoms with van der Waals surface area (Å²) < 4.78 is 32.6. The summed E-state index contributed by atoms with van der Waals surface area (Å²) >= 11 is 0. The summed E-state index contributed by atoms with van der Waals surface area (Å²) in [5.41, 5.74) is 8.12. The molecular formula is C17H19F2NO. The molecule has 0 saturated carbocycles. The summed E-state index contributed by atoms with van der Waals surface area (Å²) in [6, 6.07) is 9.18. The van der Waals surface area contributed by atoms with Crippen LogP contribution in [0, 0.1) is 18.6 Å². The molecule has 0 heterocycles. The zero-order valence-electron chi connectivity index (χ0n) is 12.2. The second-order valence-corrected chi connectivity index (χ2v) is 5.27. The molecule has 0 radical (unpaired) electrons. The molecule has 2 N–H and O–H groups in total. The molecule has 4 heteroatoms. The van der Waals surface area contributed by atoms with Gasteiger partial charge in [-0.05, 0) is 55.2 Å². The highest BCUT2D eigenvalue weighted by Gasteiger charge is 2.12. The highest BCUT2D eigenvalue weighted by Crippen LogP contribution is 2.25. The molecule has 2 rings (SSSR count). The van der Waals surface area contributed by atoms with Gasteiger partial charge in [-0.1, -0.05) is 18.2 Å². The van der Waals surface area contributed by atoms with E-state index in [1.54, 1.807) is 25.1 Å². The first-order valence-electron chi connectivity index (χ1n) is 6.88. The van der Waals surface area contributed by atoms with E-state index in [-0.39, 0.29) is 24.2 Å². The van der Waals surface area contributed by atoms with Gasteiger partial charge in [0.25, 0.3) is 0 Å². The normalized spacial score (nSPS) is 12.2. The van der Waals surface area contributed by atoms with Crippen molar-refractivity contribution in [3.63, 3.8) is 0 Å². The molecule has 0 fully saturated rings. The average molecular weight is 291 g/mol. The Hall–Kier alpha value is -1.94. The Morgan fingerprint density at radius 2 is 1.90 bits per heavy atom. The van der Waals surface area contributed by atoms with E-state index < -0.39 is 5.82 Å². The minimum absolute atomic E-state index is 0.0818. The zero-order valence-corrected chi connectivity index (χ0v) is 12.2. The van der Waals surface area contributed by atoms with Gasteiger partial charge in [-0.15, -0.1) is 0 Å². The van der Waals surface area contributed by atoms with E-state index in [1.807, 2.05) is 6.92 Å². The molecule has 2 aromatic rings. The van der Waals surface area contributed by atoms with E-state index in [4.69, 9.17) is 10.5 Å². The Labute approximate surface area is 123 Å². The standard InChI is InChI=1S/C17H19F2NO/c1-11-8-15(18)7-6-14(11)10-21-17-13(9-12(2)20)4-3-5-16(17)19/h3-8,12H,9-10,20H2,1-2H3. The fourth-order valence-corrected chi connectivity index (χ4v) is 2.19. The SMILES string of the molecule is Cc1cc(F)ccc1COc1c(F)cccc1CC(C)N. The minimum Gasteiger partial charge on any atom is -0.486 e. The van der Waals surface area contributed by atoms with Crippen molar-refractivity contribution in [1.29, 1.82) is 0 Å². The first-order valence-corrected chi connectivity index (χ1v) is 6.88. The van der Waals surface area contributed by atoms with Crippen LogP contribution < -0.4 is 10.5 Å². The van der Waals surface area contributed by atoms with Crippen molar-refractivity contribution in [1.82, 2.24) is 0 Å². The summed E-state index contributed by atoms with van der Waals surface area (Å²) in [6.07, 6.45) is 0.537. The molecule has 0 aromatic heterocycles. The number of halogens is 2. The molecule has 2 aromatic carbocycles. The van der Waals surface area contributed by atoms with Crippen LogP contribution in [0.15, 0.2) is 36.4 Å². The number of hydrogen-bond acceptors (Lipinski definition) is 2. The van der Waals surface area contributed by atoms with Crippen molar-refractivity contribution in [2.75, 3.05) is 0 Å². The predicted octanol–water partition coefficient (Wildman–Crippen LogP) is 3.74. The summed E-state index contributed by atoms with van der Waals surface area (Å²) in [5.74, 6) is -0.480. The van der Waals surface area contributed by atoms with Gasteiger partial charge in [0.2, 0.25) is 0 Å². The molecule has 1 atom stereocenters. The first kappa shape index (κ1) is 15.4. The summed E-state index contributed by atoms with van der Waals surface area (Å²) in [4.78, 5) is 0. The quantitative estimate of drug-likeness (QED) is 0.910. The van der Waals surface area contributed by atoms with Gasteiger partial charge in [0, 0.05) is 6.04 Å². The van der Waals surface area contributed by atoms with Gasteiger partial charge < -0.3 is 10.5 Å². The third-order valence-electron chi connectivity index (χ3n) is 3.27. The van der Waals surface area contributed by atoms with Gasteiger partial charge in [0.1, 0.15) is 12.4 Å². The van der Waals surface area contributed by atoms with Crippen molar-refractivity contribution < 1.29 is 13.5 Å². The van der Waals surface area contributed by atoms with Crippen LogP contribution in [0.2, 0.25) is 0 Å². The Bertz CT molecular complexity index is 626. The van der Waals surface area contributed by atoms with Crippen molar-refractivity contribution in [3.05, 3.63) is 64.7 Å². The third kappa shape index (κ3) is 4.02. The summed E-state index contributed by atoms with van der Waals surface area (Å²) in [7, 11) is 0. The highest BCUT2D eigenvalue weighted by atomic mass is 19.1. The maximum atomic E-state index is 13.9. The van der Waals surface area contributed by atoms with Crippen LogP contribution in [-0.4, -0.2) is 6.04 Å². The molecule has 2 nitrogen and oxygen atoms in total. The molecule has 0 bridgehead atoms. The Kier molecular flexibility index (Phi) is 4.91. The van der Waals surface area contributed by atoms with E-state index in [9.17, 15) is 8.78 Å². The van der Waals surface area contributed by atoms with E-state index in [0.29, 0.717) is 6.42 Å². The van der Waals surface area contributed by atoms with Gasteiger partial charge in [-0.25, -0.2) is 8.78 Å². The monoisotopic (exact) mass is 291 g/mol. The number of benzene rings is 2. The van der Waals surface area contributed by atoms with Crippen LogP contribution in [0.5, 0.6) is 5.75 Å². The van der Waals surface area contributed by atoms with Crippen molar-refractivity contribution in [2.24, 2.45) is 5.73 Å². The van der Waals surface area contributed by atoms with Gasteiger partial charge in [-0.2, -0.15) is 0 Å². The van der Waals surface area contributed by atoms with Crippen LogP contribution in [0.4, 0.5) is 8.78 Å². The van der Waals surface area contributed by atoms with Crippen molar-refractivity contribution in [3.8, 4) is 5.75 Å². The zero-order chi connectivity index (χ0) is 15.4. The van der Waals surface area contributed by atoms with Crippen molar-refractivity contribution in [2.45, 2.75) is 32.9 Å². The Morgan fingerprint density at radius 1 is 1.14 bits per heavy atom.